The van der Waals surface area contributed by atoms with Gasteiger partial charge in [-0.2, -0.15) is 5.26 Å². The highest BCUT2D eigenvalue weighted by Crippen LogP contribution is 2.25. The largest absolute Gasteiger partial charge is 0.312 e. The summed E-state index contributed by atoms with van der Waals surface area (Å²) in [6.45, 7) is 0.902. The highest BCUT2D eigenvalue weighted by atomic mass is 16.2. The van der Waals surface area contributed by atoms with Crippen molar-refractivity contribution in [1.82, 2.24) is 0 Å². The van der Waals surface area contributed by atoms with Gasteiger partial charge in [0.15, 0.2) is 0 Å². The van der Waals surface area contributed by atoms with Gasteiger partial charge in [0.05, 0.1) is 11.6 Å². The SMILES string of the molecule is N#Cc1ccc(N2CC(CN=[N+]=[N-])CC2=O)cc1. The second kappa shape index (κ2) is 5.21. The average molecular weight is 241 g/mol. The molecule has 0 radical (unpaired) electrons. The summed E-state index contributed by atoms with van der Waals surface area (Å²) in [4.78, 5) is 16.2. The lowest BCUT2D eigenvalue weighted by Gasteiger charge is -2.16. The number of anilines is 1. The van der Waals surface area contributed by atoms with Crippen molar-refractivity contribution in [2.45, 2.75) is 6.42 Å². The monoisotopic (exact) mass is 241 g/mol. The molecular formula is C12H11N5O. The predicted octanol–water partition coefficient (Wildman–Crippen LogP) is 2.22. The van der Waals surface area contributed by atoms with Crippen LogP contribution in [0.15, 0.2) is 29.4 Å². The van der Waals surface area contributed by atoms with Gasteiger partial charge in [-0.05, 0) is 35.7 Å². The smallest absolute Gasteiger partial charge is 0.227 e. The van der Waals surface area contributed by atoms with Crippen LogP contribution < -0.4 is 4.90 Å². The fourth-order valence-corrected chi connectivity index (χ4v) is 2.02. The number of hydrogen-bond donors (Lipinski definition) is 0. The van der Waals surface area contributed by atoms with E-state index < -0.39 is 0 Å². The Morgan fingerprint density at radius 1 is 1.50 bits per heavy atom. The number of rotatable bonds is 3. The van der Waals surface area contributed by atoms with Crippen LogP contribution in [0.2, 0.25) is 0 Å². The normalized spacial score (nSPS) is 18.3. The van der Waals surface area contributed by atoms with E-state index in [4.69, 9.17) is 10.8 Å². The third kappa shape index (κ3) is 2.42. The molecule has 1 aromatic rings. The standard InChI is InChI=1S/C12H11N5O/c13-6-9-1-3-11(4-2-9)17-8-10(5-12(17)18)7-15-16-14/h1-4,10H,5,7-8H2. The van der Waals surface area contributed by atoms with E-state index in [1.54, 1.807) is 29.2 Å². The zero-order chi connectivity index (χ0) is 13.0. The molecule has 0 spiro atoms. The Labute approximate surface area is 104 Å². The van der Waals surface area contributed by atoms with Crippen LogP contribution in [0.25, 0.3) is 10.4 Å². The summed E-state index contributed by atoms with van der Waals surface area (Å²) in [6, 6.07) is 8.91. The summed E-state index contributed by atoms with van der Waals surface area (Å²) in [5.74, 6) is 0.0990. The minimum atomic E-state index is 0.0258. The molecule has 0 bridgehead atoms. The lowest BCUT2D eigenvalue weighted by Crippen LogP contribution is -2.24. The van der Waals surface area contributed by atoms with Crippen LogP contribution in [0.4, 0.5) is 5.69 Å². The quantitative estimate of drug-likeness (QED) is 0.461. The van der Waals surface area contributed by atoms with Gasteiger partial charge in [-0.3, -0.25) is 4.79 Å². The summed E-state index contributed by atoms with van der Waals surface area (Å²) >= 11 is 0. The Kier molecular flexibility index (Phi) is 3.46. The van der Waals surface area contributed by atoms with Crippen molar-refractivity contribution in [3.05, 3.63) is 40.3 Å². The first kappa shape index (κ1) is 12.0. The average Bonchev–Trinajstić information content (AvgIpc) is 2.78. The Bertz CT molecular complexity index is 539. The molecule has 1 aliphatic rings. The van der Waals surface area contributed by atoms with Crippen LogP contribution in [-0.4, -0.2) is 19.0 Å². The van der Waals surface area contributed by atoms with Crippen LogP contribution in [0.3, 0.4) is 0 Å². The molecule has 0 N–H and O–H groups in total. The molecule has 0 aromatic heterocycles. The van der Waals surface area contributed by atoms with E-state index in [-0.39, 0.29) is 11.8 Å². The van der Waals surface area contributed by atoms with E-state index in [9.17, 15) is 4.79 Å². The minimum absolute atomic E-state index is 0.0258. The number of azide groups is 1. The molecule has 1 amide bonds. The lowest BCUT2D eigenvalue weighted by atomic mass is 10.1. The number of benzene rings is 1. The third-order valence-corrected chi connectivity index (χ3v) is 2.92. The van der Waals surface area contributed by atoms with Crippen LogP contribution in [0.5, 0.6) is 0 Å². The first-order valence-electron chi connectivity index (χ1n) is 5.56. The fourth-order valence-electron chi connectivity index (χ4n) is 2.02. The maximum absolute atomic E-state index is 11.8. The molecule has 90 valence electrons. The molecule has 0 aliphatic carbocycles. The van der Waals surface area contributed by atoms with Gasteiger partial charge in [-0.1, -0.05) is 5.11 Å². The van der Waals surface area contributed by atoms with Crippen LogP contribution in [0, 0.1) is 17.2 Å². The summed E-state index contributed by atoms with van der Waals surface area (Å²) < 4.78 is 0. The van der Waals surface area contributed by atoms with Gasteiger partial charge in [0.1, 0.15) is 0 Å². The molecule has 6 heteroatoms. The molecule has 2 rings (SSSR count). The zero-order valence-electron chi connectivity index (χ0n) is 9.65. The first-order chi connectivity index (χ1) is 8.74. The predicted molar refractivity (Wildman–Crippen MR) is 65.6 cm³/mol. The Morgan fingerprint density at radius 3 is 2.83 bits per heavy atom. The Morgan fingerprint density at radius 2 is 2.22 bits per heavy atom. The topological polar surface area (TPSA) is 92.9 Å². The molecule has 18 heavy (non-hydrogen) atoms. The van der Waals surface area contributed by atoms with E-state index in [1.807, 2.05) is 6.07 Å². The molecule has 1 aliphatic heterocycles. The number of carbonyl (C=O) groups excluding carboxylic acids is 1. The van der Waals surface area contributed by atoms with Crippen LogP contribution in [0.1, 0.15) is 12.0 Å². The van der Waals surface area contributed by atoms with E-state index >= 15 is 0 Å². The van der Waals surface area contributed by atoms with E-state index in [1.165, 1.54) is 0 Å². The zero-order valence-corrected chi connectivity index (χ0v) is 9.65. The van der Waals surface area contributed by atoms with E-state index in [2.05, 4.69) is 10.0 Å². The van der Waals surface area contributed by atoms with Crippen molar-refractivity contribution in [3.63, 3.8) is 0 Å². The van der Waals surface area contributed by atoms with Gasteiger partial charge in [0, 0.05) is 30.1 Å². The number of hydrogen-bond acceptors (Lipinski definition) is 3. The second-order valence-corrected chi connectivity index (χ2v) is 4.15. The van der Waals surface area contributed by atoms with Crippen molar-refractivity contribution in [2.24, 2.45) is 11.0 Å². The van der Waals surface area contributed by atoms with Gasteiger partial charge in [-0.15, -0.1) is 0 Å². The lowest BCUT2D eigenvalue weighted by molar-refractivity contribution is -0.117. The highest BCUT2D eigenvalue weighted by Gasteiger charge is 2.29. The maximum atomic E-state index is 11.8. The van der Waals surface area contributed by atoms with E-state index in [0.29, 0.717) is 25.1 Å². The summed E-state index contributed by atoms with van der Waals surface area (Å²) in [6.07, 6.45) is 0.402. The molecular weight excluding hydrogens is 230 g/mol. The van der Waals surface area contributed by atoms with Gasteiger partial charge in [-0.25, -0.2) is 0 Å². The van der Waals surface area contributed by atoms with Gasteiger partial charge in [0.2, 0.25) is 5.91 Å². The number of nitriles is 1. The van der Waals surface area contributed by atoms with Gasteiger partial charge < -0.3 is 4.90 Å². The van der Waals surface area contributed by atoms with Crippen molar-refractivity contribution in [3.8, 4) is 6.07 Å². The summed E-state index contributed by atoms with van der Waals surface area (Å²) in [7, 11) is 0. The van der Waals surface area contributed by atoms with Crippen molar-refractivity contribution >= 4 is 11.6 Å². The summed E-state index contributed by atoms with van der Waals surface area (Å²) in [5.41, 5.74) is 9.61. The molecule has 1 saturated heterocycles. The van der Waals surface area contributed by atoms with Crippen molar-refractivity contribution in [1.29, 1.82) is 5.26 Å². The molecule has 1 aromatic carbocycles. The van der Waals surface area contributed by atoms with Crippen molar-refractivity contribution in [2.75, 3.05) is 18.0 Å². The van der Waals surface area contributed by atoms with E-state index in [0.717, 1.165) is 5.69 Å². The Balaban J connectivity index is 2.11. The first-order valence-corrected chi connectivity index (χ1v) is 5.56. The molecule has 6 nitrogen and oxygen atoms in total. The molecule has 0 saturated carbocycles. The number of amides is 1. The van der Waals surface area contributed by atoms with Gasteiger partial charge in [0.25, 0.3) is 0 Å². The summed E-state index contributed by atoms with van der Waals surface area (Å²) in [5, 5.41) is 12.2. The number of nitrogens with zero attached hydrogens (tertiary/aromatic N) is 5. The second-order valence-electron chi connectivity index (χ2n) is 4.15. The number of carbonyl (C=O) groups is 1. The van der Waals surface area contributed by atoms with Gasteiger partial charge >= 0.3 is 0 Å². The van der Waals surface area contributed by atoms with Crippen LogP contribution >= 0.6 is 0 Å². The fraction of sp³-hybridized carbons (Fsp3) is 0.333. The minimum Gasteiger partial charge on any atom is -0.312 e. The third-order valence-electron chi connectivity index (χ3n) is 2.92. The van der Waals surface area contributed by atoms with Crippen LogP contribution in [-0.2, 0) is 4.79 Å². The molecule has 1 unspecified atom stereocenters. The maximum Gasteiger partial charge on any atom is 0.227 e. The highest BCUT2D eigenvalue weighted by molar-refractivity contribution is 5.95. The molecule has 1 atom stereocenters. The molecule has 1 heterocycles. The van der Waals surface area contributed by atoms with Crippen molar-refractivity contribution < 1.29 is 4.79 Å². The Hall–Kier alpha value is -2.51. The molecule has 1 fully saturated rings.